The molecule has 8 heteroatoms. The molecule has 0 atom stereocenters. The highest BCUT2D eigenvalue weighted by Crippen LogP contribution is 2.40. The fraction of sp³-hybridized carbons (Fsp3) is 0.458. The molecule has 2 aromatic rings. The lowest BCUT2D eigenvalue weighted by Gasteiger charge is -2.38. The fourth-order valence-electron chi connectivity index (χ4n) is 3.82. The van der Waals surface area contributed by atoms with Crippen molar-refractivity contribution in [3.05, 3.63) is 58.9 Å². The molecule has 0 spiro atoms. The highest BCUT2D eigenvalue weighted by atomic mass is 32.2. The molecule has 1 aliphatic heterocycles. The van der Waals surface area contributed by atoms with E-state index in [1.165, 1.54) is 24.6 Å². The van der Waals surface area contributed by atoms with Crippen LogP contribution >= 0.6 is 0 Å². The molecule has 1 amide bonds. The van der Waals surface area contributed by atoms with Gasteiger partial charge in [0.1, 0.15) is 5.69 Å². The molecule has 7 nitrogen and oxygen atoms in total. The molecule has 170 valence electrons. The minimum Gasteiger partial charge on any atom is -0.389 e. The number of carbonyl (C=O) groups is 1. The summed E-state index contributed by atoms with van der Waals surface area (Å²) in [7, 11) is -0.882. The van der Waals surface area contributed by atoms with Crippen LogP contribution in [0.5, 0.6) is 0 Å². The van der Waals surface area contributed by atoms with Crippen molar-refractivity contribution in [3.63, 3.8) is 0 Å². The standard InChI is InChI=1S/C24H30N4O3S/c1-23(2,30)12-27-19-10-18(22(29)28-24(3)13-32(31)14-24)11-26-21(19)20(25)17-6-4-5-16(9-17)15-7-8-15/h4-6,9-11,15,25,27,30H,7-8,12-14H2,1-3H3,(H,28,29). The summed E-state index contributed by atoms with van der Waals surface area (Å²) in [5.74, 6) is 1.17. The summed E-state index contributed by atoms with van der Waals surface area (Å²) in [5, 5.41) is 25.1. The van der Waals surface area contributed by atoms with Crippen molar-refractivity contribution in [2.24, 2.45) is 0 Å². The second-order valence-electron chi connectivity index (χ2n) is 9.80. The van der Waals surface area contributed by atoms with Crippen molar-refractivity contribution in [1.82, 2.24) is 10.3 Å². The number of pyridine rings is 1. The third-order valence-electron chi connectivity index (χ3n) is 5.70. The fourth-order valence-corrected chi connectivity index (χ4v) is 5.30. The van der Waals surface area contributed by atoms with Gasteiger partial charge < -0.3 is 15.7 Å². The van der Waals surface area contributed by atoms with Gasteiger partial charge in [-0.25, -0.2) is 0 Å². The van der Waals surface area contributed by atoms with Crippen LogP contribution in [-0.2, 0) is 10.8 Å². The topological polar surface area (TPSA) is 115 Å². The molecule has 1 saturated carbocycles. The van der Waals surface area contributed by atoms with Gasteiger partial charge in [-0.3, -0.25) is 19.4 Å². The van der Waals surface area contributed by atoms with Crippen LogP contribution in [0.3, 0.4) is 0 Å². The average Bonchev–Trinajstić information content (AvgIpc) is 3.55. The first-order chi connectivity index (χ1) is 15.0. The summed E-state index contributed by atoms with van der Waals surface area (Å²) in [6, 6.07) is 9.67. The average molecular weight is 455 g/mol. The number of aliphatic hydroxyl groups is 1. The van der Waals surface area contributed by atoms with E-state index in [1.54, 1.807) is 19.9 Å². The van der Waals surface area contributed by atoms with Gasteiger partial charge in [-0.05, 0) is 57.2 Å². The van der Waals surface area contributed by atoms with E-state index >= 15 is 0 Å². The zero-order chi connectivity index (χ0) is 23.1. The summed E-state index contributed by atoms with van der Waals surface area (Å²) in [6.07, 6.45) is 3.84. The molecule has 1 aliphatic carbocycles. The largest absolute Gasteiger partial charge is 0.389 e. The summed E-state index contributed by atoms with van der Waals surface area (Å²) >= 11 is 0. The van der Waals surface area contributed by atoms with E-state index in [4.69, 9.17) is 5.41 Å². The molecule has 0 radical (unpaired) electrons. The van der Waals surface area contributed by atoms with E-state index in [0.29, 0.717) is 34.4 Å². The maximum atomic E-state index is 12.8. The zero-order valence-corrected chi connectivity index (χ0v) is 19.5. The number of nitrogens with zero attached hydrogens (tertiary/aromatic N) is 1. The van der Waals surface area contributed by atoms with Crippen LogP contribution in [0.1, 0.15) is 66.7 Å². The van der Waals surface area contributed by atoms with Crippen LogP contribution in [0.4, 0.5) is 5.69 Å². The summed E-state index contributed by atoms with van der Waals surface area (Å²) in [6.45, 7) is 5.49. The quantitative estimate of drug-likeness (QED) is 0.458. The molecule has 4 N–H and O–H groups in total. The molecule has 32 heavy (non-hydrogen) atoms. The van der Waals surface area contributed by atoms with Crippen molar-refractivity contribution < 1.29 is 14.1 Å². The minimum absolute atomic E-state index is 0.235. The van der Waals surface area contributed by atoms with Gasteiger partial charge in [0.2, 0.25) is 0 Å². The number of rotatable bonds is 8. The van der Waals surface area contributed by atoms with E-state index in [9.17, 15) is 14.1 Å². The van der Waals surface area contributed by atoms with E-state index < -0.39 is 21.9 Å². The molecule has 2 aliphatic rings. The van der Waals surface area contributed by atoms with Crippen molar-refractivity contribution >= 4 is 28.1 Å². The normalized spacial score (nSPS) is 22.7. The predicted octanol–water partition coefficient (Wildman–Crippen LogP) is 2.81. The maximum absolute atomic E-state index is 12.8. The third-order valence-corrected chi connectivity index (χ3v) is 7.61. The number of hydrogen-bond donors (Lipinski definition) is 4. The van der Waals surface area contributed by atoms with E-state index in [1.807, 2.05) is 25.1 Å². The Morgan fingerprint density at radius 3 is 2.62 bits per heavy atom. The molecular weight excluding hydrogens is 424 g/mol. The Kier molecular flexibility index (Phi) is 5.94. The molecule has 4 rings (SSSR count). The van der Waals surface area contributed by atoms with Crippen molar-refractivity contribution in [1.29, 1.82) is 5.41 Å². The van der Waals surface area contributed by atoms with Gasteiger partial charge in [0.25, 0.3) is 5.91 Å². The van der Waals surface area contributed by atoms with Crippen molar-refractivity contribution in [3.8, 4) is 0 Å². The monoisotopic (exact) mass is 454 g/mol. The molecule has 1 aromatic carbocycles. The van der Waals surface area contributed by atoms with Crippen molar-refractivity contribution in [2.75, 3.05) is 23.4 Å². The van der Waals surface area contributed by atoms with Crippen LogP contribution in [0, 0.1) is 5.41 Å². The Morgan fingerprint density at radius 1 is 1.28 bits per heavy atom. The van der Waals surface area contributed by atoms with Gasteiger partial charge in [0.15, 0.2) is 0 Å². The Bertz CT molecular complexity index is 1080. The number of amides is 1. The second kappa shape index (κ2) is 8.41. The summed E-state index contributed by atoms with van der Waals surface area (Å²) in [5.41, 5.74) is 2.11. The SMILES string of the molecule is CC(C)(O)CNc1cc(C(=O)NC2(C)CS(=O)C2)cnc1C(=N)c1cccc(C2CC2)c1. The number of hydrogen-bond acceptors (Lipinski definition) is 6. The molecule has 0 unspecified atom stereocenters. The molecule has 1 saturated heterocycles. The van der Waals surface area contributed by atoms with Crippen molar-refractivity contribution in [2.45, 2.75) is 50.7 Å². The number of anilines is 1. The van der Waals surface area contributed by atoms with Gasteiger partial charge >= 0.3 is 0 Å². The van der Waals surface area contributed by atoms with Crippen LogP contribution in [0.25, 0.3) is 0 Å². The van der Waals surface area contributed by atoms with E-state index in [0.717, 1.165) is 5.56 Å². The molecular formula is C24H30N4O3S. The number of carbonyl (C=O) groups excluding carboxylic acids is 1. The molecule has 2 heterocycles. The Labute approximate surface area is 191 Å². The third kappa shape index (κ3) is 5.24. The maximum Gasteiger partial charge on any atom is 0.253 e. The van der Waals surface area contributed by atoms with E-state index in [-0.39, 0.29) is 18.2 Å². The zero-order valence-electron chi connectivity index (χ0n) is 18.7. The highest BCUT2D eigenvalue weighted by Gasteiger charge is 2.39. The second-order valence-corrected chi connectivity index (χ2v) is 11.3. The van der Waals surface area contributed by atoms with Gasteiger partial charge in [0, 0.05) is 40.6 Å². The number of nitrogens with one attached hydrogen (secondary N) is 3. The van der Waals surface area contributed by atoms with Crippen LogP contribution in [0.15, 0.2) is 36.5 Å². The van der Waals surface area contributed by atoms with E-state index in [2.05, 4.69) is 21.7 Å². The first kappa shape index (κ1) is 22.6. The summed E-state index contributed by atoms with van der Waals surface area (Å²) in [4.78, 5) is 17.3. The predicted molar refractivity (Wildman–Crippen MR) is 127 cm³/mol. The number of benzene rings is 1. The van der Waals surface area contributed by atoms with Crippen LogP contribution in [-0.4, -0.2) is 55.1 Å². The first-order valence-corrected chi connectivity index (χ1v) is 12.3. The highest BCUT2D eigenvalue weighted by molar-refractivity contribution is 7.86. The van der Waals surface area contributed by atoms with Gasteiger partial charge in [-0.2, -0.15) is 0 Å². The Hall–Kier alpha value is -2.58. The Morgan fingerprint density at radius 2 is 2.00 bits per heavy atom. The van der Waals surface area contributed by atoms with Crippen LogP contribution in [0.2, 0.25) is 0 Å². The lowest BCUT2D eigenvalue weighted by molar-refractivity contribution is 0.0917. The van der Waals surface area contributed by atoms with Gasteiger partial charge in [-0.15, -0.1) is 0 Å². The van der Waals surface area contributed by atoms with Gasteiger partial charge in [-0.1, -0.05) is 18.2 Å². The molecule has 0 bridgehead atoms. The summed E-state index contributed by atoms with van der Waals surface area (Å²) < 4.78 is 11.5. The Balaban J connectivity index is 1.62. The number of aromatic nitrogens is 1. The lowest BCUT2D eigenvalue weighted by Crippen LogP contribution is -2.61. The van der Waals surface area contributed by atoms with Gasteiger partial charge in [0.05, 0.1) is 28.1 Å². The minimum atomic E-state index is -0.979. The first-order valence-electron chi connectivity index (χ1n) is 10.9. The lowest BCUT2D eigenvalue weighted by atomic mass is 10.00. The van der Waals surface area contributed by atoms with Crippen LogP contribution < -0.4 is 10.6 Å². The molecule has 2 fully saturated rings. The smallest absolute Gasteiger partial charge is 0.253 e. The molecule has 1 aromatic heterocycles.